The SMILES string of the molecule is CC(C)CN(CCN(C)C)C(=O)c1cc(Br)cn1C(C)C. The van der Waals surface area contributed by atoms with Gasteiger partial charge in [0.25, 0.3) is 5.91 Å². The summed E-state index contributed by atoms with van der Waals surface area (Å²) in [5.74, 6) is 0.576. The molecule has 1 aromatic heterocycles. The van der Waals surface area contributed by atoms with Crippen molar-refractivity contribution in [3.05, 3.63) is 22.4 Å². The first-order chi connectivity index (χ1) is 9.72. The fraction of sp³-hybridized carbons (Fsp3) is 0.688. The highest BCUT2D eigenvalue weighted by Crippen LogP contribution is 2.21. The Hall–Kier alpha value is -0.810. The lowest BCUT2D eigenvalue weighted by molar-refractivity contribution is 0.0712. The molecule has 0 aromatic carbocycles. The number of aromatic nitrogens is 1. The molecule has 120 valence electrons. The minimum absolute atomic E-state index is 0.116. The van der Waals surface area contributed by atoms with E-state index in [1.165, 1.54) is 0 Å². The van der Waals surface area contributed by atoms with Crippen LogP contribution < -0.4 is 0 Å². The molecule has 0 fully saturated rings. The van der Waals surface area contributed by atoms with Crippen molar-refractivity contribution < 1.29 is 4.79 Å². The van der Waals surface area contributed by atoms with Crippen LogP contribution >= 0.6 is 15.9 Å². The first-order valence-electron chi connectivity index (χ1n) is 7.53. The summed E-state index contributed by atoms with van der Waals surface area (Å²) in [4.78, 5) is 17.0. The van der Waals surface area contributed by atoms with Crippen LogP contribution in [0.25, 0.3) is 0 Å². The average molecular weight is 358 g/mol. The van der Waals surface area contributed by atoms with E-state index in [0.717, 1.165) is 29.8 Å². The van der Waals surface area contributed by atoms with Crippen LogP contribution in [0.5, 0.6) is 0 Å². The summed E-state index contributed by atoms with van der Waals surface area (Å²) in [7, 11) is 4.07. The van der Waals surface area contributed by atoms with Crippen LogP contribution in [0.2, 0.25) is 0 Å². The third-order valence-corrected chi connectivity index (χ3v) is 3.71. The van der Waals surface area contributed by atoms with Crippen molar-refractivity contribution >= 4 is 21.8 Å². The molecular formula is C16H28BrN3O. The van der Waals surface area contributed by atoms with Gasteiger partial charge in [0.05, 0.1) is 0 Å². The summed E-state index contributed by atoms with van der Waals surface area (Å²) in [6, 6.07) is 2.19. The number of hydrogen-bond donors (Lipinski definition) is 0. The summed E-state index contributed by atoms with van der Waals surface area (Å²) >= 11 is 3.48. The van der Waals surface area contributed by atoms with Gasteiger partial charge in [-0.1, -0.05) is 13.8 Å². The number of carbonyl (C=O) groups is 1. The van der Waals surface area contributed by atoms with Crippen LogP contribution in [0.4, 0.5) is 0 Å². The number of amides is 1. The van der Waals surface area contributed by atoms with Crippen molar-refractivity contribution in [2.45, 2.75) is 33.7 Å². The lowest BCUT2D eigenvalue weighted by Crippen LogP contribution is -2.39. The molecule has 21 heavy (non-hydrogen) atoms. The van der Waals surface area contributed by atoms with Gasteiger partial charge in [-0.25, -0.2) is 0 Å². The molecule has 0 unspecified atom stereocenters. The minimum atomic E-state index is 0.116. The molecule has 0 bridgehead atoms. The zero-order valence-corrected chi connectivity index (χ0v) is 15.6. The van der Waals surface area contributed by atoms with E-state index in [0.29, 0.717) is 5.92 Å². The number of halogens is 1. The van der Waals surface area contributed by atoms with Gasteiger partial charge < -0.3 is 14.4 Å². The third kappa shape index (κ3) is 5.47. The van der Waals surface area contributed by atoms with Crippen LogP contribution in [0.3, 0.4) is 0 Å². The fourth-order valence-electron chi connectivity index (χ4n) is 2.24. The van der Waals surface area contributed by atoms with Gasteiger partial charge in [0.2, 0.25) is 0 Å². The Morgan fingerprint density at radius 3 is 2.33 bits per heavy atom. The Kier molecular flexibility index (Phi) is 6.94. The van der Waals surface area contributed by atoms with Crippen LogP contribution in [-0.4, -0.2) is 54.0 Å². The fourth-order valence-corrected chi connectivity index (χ4v) is 2.68. The van der Waals surface area contributed by atoms with Crippen LogP contribution in [0, 0.1) is 5.92 Å². The predicted molar refractivity (Wildman–Crippen MR) is 91.8 cm³/mol. The predicted octanol–water partition coefficient (Wildman–Crippen LogP) is 3.49. The standard InChI is InChI=1S/C16H28BrN3O/c1-12(2)10-19(8-7-18(5)6)16(21)15-9-14(17)11-20(15)13(3)4/h9,11-13H,7-8,10H2,1-6H3. The second-order valence-electron chi connectivity index (χ2n) is 6.49. The Bertz CT molecular complexity index is 466. The van der Waals surface area contributed by atoms with E-state index < -0.39 is 0 Å². The molecule has 0 radical (unpaired) electrons. The number of likely N-dealkylation sites (N-methyl/N-ethyl adjacent to an activating group) is 1. The van der Waals surface area contributed by atoms with Gasteiger partial charge in [-0.3, -0.25) is 4.79 Å². The Morgan fingerprint density at radius 1 is 1.24 bits per heavy atom. The molecule has 1 amide bonds. The quantitative estimate of drug-likeness (QED) is 0.747. The molecule has 0 spiro atoms. The average Bonchev–Trinajstić information content (AvgIpc) is 2.75. The summed E-state index contributed by atoms with van der Waals surface area (Å²) in [5, 5.41) is 0. The van der Waals surface area contributed by atoms with Gasteiger partial charge in [0.1, 0.15) is 5.69 Å². The molecule has 0 aliphatic heterocycles. The van der Waals surface area contributed by atoms with E-state index in [4.69, 9.17) is 0 Å². The second-order valence-corrected chi connectivity index (χ2v) is 7.41. The maximum atomic E-state index is 12.9. The van der Waals surface area contributed by atoms with Crippen molar-refractivity contribution in [1.29, 1.82) is 0 Å². The molecule has 0 N–H and O–H groups in total. The van der Waals surface area contributed by atoms with Gasteiger partial charge in [-0.15, -0.1) is 0 Å². The van der Waals surface area contributed by atoms with Crippen molar-refractivity contribution in [3.63, 3.8) is 0 Å². The molecule has 0 aliphatic rings. The highest BCUT2D eigenvalue weighted by molar-refractivity contribution is 9.10. The third-order valence-electron chi connectivity index (χ3n) is 3.28. The second kappa shape index (κ2) is 7.99. The van der Waals surface area contributed by atoms with E-state index in [1.54, 1.807) is 0 Å². The monoisotopic (exact) mass is 357 g/mol. The lowest BCUT2D eigenvalue weighted by Gasteiger charge is -2.27. The van der Waals surface area contributed by atoms with Gasteiger partial charge >= 0.3 is 0 Å². The largest absolute Gasteiger partial charge is 0.340 e. The van der Waals surface area contributed by atoms with Crippen molar-refractivity contribution in [3.8, 4) is 0 Å². The summed E-state index contributed by atoms with van der Waals surface area (Å²) < 4.78 is 2.99. The molecule has 1 rings (SSSR count). The molecule has 0 atom stereocenters. The highest BCUT2D eigenvalue weighted by atomic mass is 79.9. The molecule has 0 aliphatic carbocycles. The molecule has 0 saturated carbocycles. The van der Waals surface area contributed by atoms with E-state index in [1.807, 2.05) is 35.8 Å². The molecular weight excluding hydrogens is 330 g/mol. The molecule has 4 nitrogen and oxygen atoms in total. The Morgan fingerprint density at radius 2 is 1.86 bits per heavy atom. The minimum Gasteiger partial charge on any atom is -0.340 e. The lowest BCUT2D eigenvalue weighted by atomic mass is 10.2. The van der Waals surface area contributed by atoms with Gasteiger partial charge in [0.15, 0.2) is 0 Å². The van der Waals surface area contributed by atoms with Crippen molar-refractivity contribution in [2.24, 2.45) is 5.92 Å². The topological polar surface area (TPSA) is 28.5 Å². The first-order valence-corrected chi connectivity index (χ1v) is 8.33. The first kappa shape index (κ1) is 18.2. The van der Waals surface area contributed by atoms with Gasteiger partial charge in [-0.05, 0) is 55.9 Å². The molecule has 0 saturated heterocycles. The van der Waals surface area contributed by atoms with Crippen molar-refractivity contribution in [2.75, 3.05) is 33.7 Å². The molecule has 1 aromatic rings. The molecule has 5 heteroatoms. The number of nitrogens with zero attached hydrogens (tertiary/aromatic N) is 3. The van der Waals surface area contributed by atoms with E-state index in [-0.39, 0.29) is 11.9 Å². The van der Waals surface area contributed by atoms with E-state index in [9.17, 15) is 4.79 Å². The number of carbonyl (C=O) groups excluding carboxylic acids is 1. The van der Waals surface area contributed by atoms with Crippen LogP contribution in [-0.2, 0) is 0 Å². The van der Waals surface area contributed by atoms with Gasteiger partial charge in [-0.2, -0.15) is 0 Å². The van der Waals surface area contributed by atoms with Crippen LogP contribution in [0.15, 0.2) is 16.7 Å². The van der Waals surface area contributed by atoms with Crippen LogP contribution in [0.1, 0.15) is 44.2 Å². The number of rotatable bonds is 7. The van der Waals surface area contributed by atoms with E-state index in [2.05, 4.69) is 48.5 Å². The zero-order valence-electron chi connectivity index (χ0n) is 14.1. The maximum Gasteiger partial charge on any atom is 0.270 e. The zero-order chi connectivity index (χ0) is 16.2. The highest BCUT2D eigenvalue weighted by Gasteiger charge is 2.21. The Balaban J connectivity index is 2.98. The summed E-state index contributed by atoms with van der Waals surface area (Å²) in [5.41, 5.74) is 0.760. The maximum absolute atomic E-state index is 12.9. The van der Waals surface area contributed by atoms with E-state index >= 15 is 0 Å². The van der Waals surface area contributed by atoms with Crippen molar-refractivity contribution in [1.82, 2.24) is 14.4 Å². The van der Waals surface area contributed by atoms with Gasteiger partial charge in [0, 0.05) is 36.3 Å². The summed E-state index contributed by atoms with van der Waals surface area (Å²) in [6.45, 7) is 10.9. The normalized spacial score (nSPS) is 11.7. The Labute approximate surface area is 137 Å². The molecule has 1 heterocycles. The smallest absolute Gasteiger partial charge is 0.270 e. The summed E-state index contributed by atoms with van der Waals surface area (Å²) in [6.07, 6.45) is 1.98. The number of hydrogen-bond acceptors (Lipinski definition) is 2.